The number of benzene rings is 3. The maximum atomic E-state index is 10.5. The van der Waals surface area contributed by atoms with E-state index in [1.807, 2.05) is 6.92 Å². The molecule has 3 rings (SSSR count). The molecule has 0 aliphatic heterocycles. The Morgan fingerprint density at radius 2 is 1.30 bits per heavy atom. The Hall–Kier alpha value is -1.70. The fourth-order valence-electron chi connectivity index (χ4n) is 2.98. The largest absolute Gasteiger partial charge is 0.294 e. The van der Waals surface area contributed by atoms with E-state index in [2.05, 4.69) is 79.8 Å². The van der Waals surface area contributed by atoms with Crippen molar-refractivity contribution in [2.75, 3.05) is 0 Å². The summed E-state index contributed by atoms with van der Waals surface area (Å²) < 4.78 is 30.9. The zero-order valence-electron chi connectivity index (χ0n) is 15.8. The molecule has 3 nitrogen and oxygen atoms in total. The number of aryl methyl sites for hydroxylation is 4. The first-order valence-corrected chi connectivity index (χ1v) is 11.0. The first-order valence-electron chi connectivity index (χ1n) is 8.46. The molecule has 0 aromatic heterocycles. The lowest BCUT2D eigenvalue weighted by Crippen LogP contribution is -1.96. The first kappa shape index (κ1) is 21.6. The van der Waals surface area contributed by atoms with Gasteiger partial charge in [0.1, 0.15) is 0 Å². The van der Waals surface area contributed by atoms with Crippen LogP contribution >= 0.6 is 22.6 Å². The summed E-state index contributed by atoms with van der Waals surface area (Å²) in [5.74, 6) is 0. The lowest BCUT2D eigenvalue weighted by atomic mass is 9.94. The third kappa shape index (κ3) is 5.89. The summed E-state index contributed by atoms with van der Waals surface area (Å²) in [4.78, 5) is -0.0666. The average Bonchev–Trinajstić information content (AvgIpc) is 2.56. The highest BCUT2D eigenvalue weighted by atomic mass is 127. The molecule has 0 saturated carbocycles. The van der Waals surface area contributed by atoms with Crippen LogP contribution in [0, 0.1) is 31.3 Å². The van der Waals surface area contributed by atoms with E-state index < -0.39 is 10.1 Å². The lowest BCUT2D eigenvalue weighted by Gasteiger charge is -2.13. The van der Waals surface area contributed by atoms with Crippen molar-refractivity contribution in [1.29, 1.82) is 0 Å². The molecule has 0 heterocycles. The van der Waals surface area contributed by atoms with Gasteiger partial charge in [0.05, 0.1) is 4.90 Å². The van der Waals surface area contributed by atoms with E-state index in [9.17, 15) is 8.42 Å². The lowest BCUT2D eigenvalue weighted by molar-refractivity contribution is 0.483. The maximum Gasteiger partial charge on any atom is 0.294 e. The smallest absolute Gasteiger partial charge is 0.282 e. The highest BCUT2D eigenvalue weighted by molar-refractivity contribution is 14.1. The molecule has 0 saturated heterocycles. The molecule has 0 unspecified atom stereocenters. The van der Waals surface area contributed by atoms with E-state index in [0.29, 0.717) is 0 Å². The molecule has 3 aromatic rings. The molecule has 5 heteroatoms. The minimum atomic E-state index is -4.02. The summed E-state index contributed by atoms with van der Waals surface area (Å²) >= 11 is 2.41. The van der Waals surface area contributed by atoms with Gasteiger partial charge in [-0.2, -0.15) is 8.42 Å². The summed E-state index contributed by atoms with van der Waals surface area (Å²) in [6, 6.07) is 19.1. The van der Waals surface area contributed by atoms with Gasteiger partial charge >= 0.3 is 0 Å². The molecule has 0 atom stereocenters. The van der Waals surface area contributed by atoms with Gasteiger partial charge in [0.2, 0.25) is 0 Å². The molecule has 0 spiro atoms. The van der Waals surface area contributed by atoms with Gasteiger partial charge in [0.15, 0.2) is 0 Å². The molecule has 1 N–H and O–H groups in total. The fourth-order valence-corrected chi connectivity index (χ4v) is 4.12. The average molecular weight is 494 g/mol. The molecule has 3 aromatic carbocycles. The molecule has 0 amide bonds. The van der Waals surface area contributed by atoms with Crippen molar-refractivity contribution in [3.8, 4) is 11.1 Å². The van der Waals surface area contributed by atoms with Crippen LogP contribution in [-0.2, 0) is 10.1 Å². The van der Waals surface area contributed by atoms with Crippen LogP contribution in [0.2, 0.25) is 0 Å². The van der Waals surface area contributed by atoms with Gasteiger partial charge in [0, 0.05) is 3.57 Å². The van der Waals surface area contributed by atoms with E-state index in [4.69, 9.17) is 4.55 Å². The van der Waals surface area contributed by atoms with Gasteiger partial charge in [-0.3, -0.25) is 4.55 Å². The van der Waals surface area contributed by atoms with E-state index in [-0.39, 0.29) is 4.90 Å². The van der Waals surface area contributed by atoms with Crippen molar-refractivity contribution in [1.82, 2.24) is 0 Å². The van der Waals surface area contributed by atoms with Gasteiger partial charge in [-0.15, -0.1) is 0 Å². The highest BCUT2D eigenvalue weighted by Crippen LogP contribution is 2.31. The summed E-state index contributed by atoms with van der Waals surface area (Å²) in [6.45, 7) is 8.38. The second-order valence-corrected chi connectivity index (χ2v) is 9.13. The van der Waals surface area contributed by atoms with Crippen LogP contribution in [-0.4, -0.2) is 13.0 Å². The predicted molar refractivity (Wildman–Crippen MR) is 120 cm³/mol. The summed E-state index contributed by atoms with van der Waals surface area (Å²) in [6.07, 6.45) is 0. The molecule has 0 bridgehead atoms. The van der Waals surface area contributed by atoms with Gasteiger partial charge < -0.3 is 0 Å². The van der Waals surface area contributed by atoms with Gasteiger partial charge in [-0.05, 0) is 90.7 Å². The van der Waals surface area contributed by atoms with Crippen LogP contribution in [0.3, 0.4) is 0 Å². The normalized spacial score (nSPS) is 10.9. The van der Waals surface area contributed by atoms with Crippen molar-refractivity contribution in [3.05, 3.63) is 86.5 Å². The topological polar surface area (TPSA) is 54.4 Å². The van der Waals surface area contributed by atoms with Crippen molar-refractivity contribution in [3.63, 3.8) is 0 Å². The van der Waals surface area contributed by atoms with Crippen LogP contribution in [0.25, 0.3) is 11.1 Å². The second-order valence-electron chi connectivity index (χ2n) is 6.54. The van der Waals surface area contributed by atoms with Crippen molar-refractivity contribution in [2.24, 2.45) is 0 Å². The Morgan fingerprint density at radius 3 is 1.78 bits per heavy atom. The van der Waals surface area contributed by atoms with Crippen LogP contribution in [0.5, 0.6) is 0 Å². The third-order valence-corrected chi connectivity index (χ3v) is 5.95. The summed E-state index contributed by atoms with van der Waals surface area (Å²) in [7, 11) is -4.02. The Kier molecular flexibility index (Phi) is 7.19. The second kappa shape index (κ2) is 8.99. The number of hydrogen-bond acceptors (Lipinski definition) is 2. The molecular formula is C22H23IO3S. The van der Waals surface area contributed by atoms with Crippen molar-refractivity contribution >= 4 is 32.7 Å². The van der Waals surface area contributed by atoms with Crippen LogP contribution < -0.4 is 0 Å². The van der Waals surface area contributed by atoms with E-state index in [1.165, 1.54) is 43.5 Å². The minimum absolute atomic E-state index is 0.0666. The van der Waals surface area contributed by atoms with Crippen molar-refractivity contribution in [2.45, 2.75) is 32.6 Å². The quantitative estimate of drug-likeness (QED) is 0.345. The van der Waals surface area contributed by atoms with Gasteiger partial charge in [0.25, 0.3) is 10.1 Å². The van der Waals surface area contributed by atoms with Crippen LogP contribution in [0.1, 0.15) is 22.3 Å². The number of halogens is 1. The van der Waals surface area contributed by atoms with Gasteiger partial charge in [-0.25, -0.2) is 0 Å². The molecule has 0 aliphatic carbocycles. The van der Waals surface area contributed by atoms with Gasteiger partial charge in [-0.1, -0.05) is 53.6 Å². The predicted octanol–water partition coefficient (Wildman–Crippen LogP) is 6.13. The number of hydrogen-bond donors (Lipinski definition) is 1. The number of rotatable bonds is 2. The van der Waals surface area contributed by atoms with E-state index in [1.54, 1.807) is 12.1 Å². The molecule has 142 valence electrons. The molecule has 27 heavy (non-hydrogen) atoms. The monoisotopic (exact) mass is 494 g/mol. The zero-order valence-corrected chi connectivity index (χ0v) is 18.8. The Balaban J connectivity index is 0.000000208. The summed E-state index contributed by atoms with van der Waals surface area (Å²) in [5.41, 5.74) is 7.75. The van der Waals surface area contributed by atoms with E-state index >= 15 is 0 Å². The minimum Gasteiger partial charge on any atom is -0.282 e. The van der Waals surface area contributed by atoms with E-state index in [0.717, 1.165) is 5.56 Å². The molecular weight excluding hydrogens is 471 g/mol. The Bertz CT molecular complexity index is 1020. The summed E-state index contributed by atoms with van der Waals surface area (Å²) in [5, 5.41) is 0. The van der Waals surface area contributed by atoms with Crippen LogP contribution in [0.4, 0.5) is 0 Å². The maximum absolute atomic E-state index is 10.5. The first-order chi connectivity index (χ1) is 12.6. The fraction of sp³-hybridized carbons (Fsp3) is 0.182. The third-order valence-electron chi connectivity index (χ3n) is 4.14. The Morgan fingerprint density at radius 1 is 0.778 bits per heavy atom. The molecule has 0 fully saturated rings. The Labute approximate surface area is 175 Å². The molecule has 0 radical (unpaired) electrons. The van der Waals surface area contributed by atoms with Crippen molar-refractivity contribution < 1.29 is 13.0 Å². The highest BCUT2D eigenvalue weighted by Gasteiger charge is 2.09. The SMILES string of the molecule is Cc1cc(C)c(-c2ccccc2I)c(C)c1.Cc1ccc(S(=O)(=O)O)cc1. The standard InChI is InChI=1S/C15H15I.C7H8O3S/c1-10-8-11(2)15(12(3)9-10)13-6-4-5-7-14(13)16;1-6-2-4-7(5-3-6)11(8,9)10/h4-9H,1-3H3;2-5H,1H3,(H,8,9,10). The molecule has 0 aliphatic rings. The zero-order chi connectivity index (χ0) is 20.2. The van der Waals surface area contributed by atoms with Crippen LogP contribution in [0.15, 0.2) is 65.6 Å².